The van der Waals surface area contributed by atoms with Crippen LogP contribution in [0.3, 0.4) is 0 Å². The average Bonchev–Trinajstić information content (AvgIpc) is 2.90. The number of sulfonamides is 1. The van der Waals surface area contributed by atoms with E-state index in [-0.39, 0.29) is 6.04 Å². The highest BCUT2D eigenvalue weighted by molar-refractivity contribution is 7.89. The van der Waals surface area contributed by atoms with Gasteiger partial charge in [0.25, 0.3) is 0 Å². The third-order valence-corrected chi connectivity index (χ3v) is 6.01. The first-order valence-corrected chi connectivity index (χ1v) is 9.31. The van der Waals surface area contributed by atoms with Crippen LogP contribution in [-0.4, -0.2) is 26.0 Å². The van der Waals surface area contributed by atoms with Crippen molar-refractivity contribution in [2.75, 3.05) is 6.54 Å². The fraction of sp³-hybridized carbons (Fsp3) is 0.733. The van der Waals surface area contributed by atoms with Gasteiger partial charge in [-0.15, -0.1) is 0 Å². The van der Waals surface area contributed by atoms with E-state index in [4.69, 9.17) is 0 Å². The summed E-state index contributed by atoms with van der Waals surface area (Å²) in [4.78, 5) is 3.35. The molecule has 1 aliphatic rings. The zero-order chi connectivity index (χ0) is 15.5. The lowest BCUT2D eigenvalue weighted by molar-refractivity contribution is 0.242. The molecule has 1 aliphatic carbocycles. The molecular weight excluding hydrogens is 286 g/mol. The zero-order valence-corrected chi connectivity index (χ0v) is 14.0. The van der Waals surface area contributed by atoms with Gasteiger partial charge in [0.05, 0.1) is 4.90 Å². The molecule has 1 saturated carbocycles. The van der Waals surface area contributed by atoms with Crippen LogP contribution in [0.1, 0.15) is 45.7 Å². The molecule has 0 aromatic carbocycles. The lowest BCUT2D eigenvalue weighted by Gasteiger charge is -2.32. The molecule has 0 amide bonds. The monoisotopic (exact) mass is 313 g/mol. The van der Waals surface area contributed by atoms with E-state index in [1.54, 1.807) is 12.3 Å². The predicted octanol–water partition coefficient (Wildman–Crippen LogP) is 2.23. The SMILES string of the molecule is CCNCc1cc(S(=O)(=O)NC2CCC(C)C(C)C2)c[nH]1. The van der Waals surface area contributed by atoms with Crippen molar-refractivity contribution in [1.29, 1.82) is 0 Å². The Balaban J connectivity index is 1.99. The van der Waals surface area contributed by atoms with E-state index in [2.05, 4.69) is 28.9 Å². The second-order valence-corrected chi connectivity index (χ2v) is 7.94. The Bertz CT molecular complexity index is 553. The van der Waals surface area contributed by atoms with Crippen LogP contribution in [-0.2, 0) is 16.6 Å². The van der Waals surface area contributed by atoms with Crippen molar-refractivity contribution >= 4 is 10.0 Å². The Morgan fingerprint density at radius 1 is 1.29 bits per heavy atom. The number of aromatic nitrogens is 1. The number of rotatable bonds is 6. The van der Waals surface area contributed by atoms with Gasteiger partial charge in [-0.05, 0) is 43.7 Å². The highest BCUT2D eigenvalue weighted by Crippen LogP contribution is 2.30. The van der Waals surface area contributed by atoms with Crippen molar-refractivity contribution in [3.8, 4) is 0 Å². The lowest BCUT2D eigenvalue weighted by Crippen LogP contribution is -2.39. The Hall–Kier alpha value is -0.850. The summed E-state index contributed by atoms with van der Waals surface area (Å²) in [5.41, 5.74) is 0.892. The van der Waals surface area contributed by atoms with Gasteiger partial charge in [-0.2, -0.15) is 0 Å². The molecule has 6 heteroatoms. The average molecular weight is 313 g/mol. The van der Waals surface area contributed by atoms with E-state index in [1.165, 1.54) is 0 Å². The molecule has 3 atom stereocenters. The van der Waals surface area contributed by atoms with E-state index in [9.17, 15) is 8.42 Å². The first-order valence-electron chi connectivity index (χ1n) is 7.82. The van der Waals surface area contributed by atoms with E-state index in [0.717, 1.165) is 31.5 Å². The van der Waals surface area contributed by atoms with E-state index >= 15 is 0 Å². The van der Waals surface area contributed by atoms with Crippen LogP contribution in [0.4, 0.5) is 0 Å². The highest BCUT2D eigenvalue weighted by Gasteiger charge is 2.28. The fourth-order valence-corrected chi connectivity index (χ4v) is 4.18. The molecule has 0 aliphatic heterocycles. The number of aromatic amines is 1. The lowest BCUT2D eigenvalue weighted by atomic mass is 9.79. The summed E-state index contributed by atoms with van der Waals surface area (Å²) in [5, 5.41) is 3.17. The molecule has 1 heterocycles. The van der Waals surface area contributed by atoms with Crippen LogP contribution in [0, 0.1) is 11.8 Å². The minimum absolute atomic E-state index is 0.0633. The summed E-state index contributed by atoms with van der Waals surface area (Å²) in [7, 11) is -3.41. The summed E-state index contributed by atoms with van der Waals surface area (Å²) < 4.78 is 27.7. The van der Waals surface area contributed by atoms with Crippen molar-refractivity contribution in [2.45, 2.75) is 57.5 Å². The maximum atomic E-state index is 12.4. The molecule has 120 valence electrons. The summed E-state index contributed by atoms with van der Waals surface area (Å²) in [5.74, 6) is 1.26. The van der Waals surface area contributed by atoms with E-state index in [1.807, 2.05) is 6.92 Å². The van der Waals surface area contributed by atoms with Gasteiger partial charge < -0.3 is 10.3 Å². The predicted molar refractivity (Wildman–Crippen MR) is 84.5 cm³/mol. The van der Waals surface area contributed by atoms with Crippen molar-refractivity contribution in [1.82, 2.24) is 15.0 Å². The van der Waals surface area contributed by atoms with Crippen LogP contribution in [0.5, 0.6) is 0 Å². The van der Waals surface area contributed by atoms with Crippen LogP contribution < -0.4 is 10.0 Å². The molecule has 1 fully saturated rings. The van der Waals surface area contributed by atoms with Gasteiger partial charge in [-0.25, -0.2) is 13.1 Å². The molecule has 3 unspecified atom stereocenters. The molecule has 0 spiro atoms. The second kappa shape index (κ2) is 6.94. The van der Waals surface area contributed by atoms with Crippen molar-refractivity contribution in [3.05, 3.63) is 18.0 Å². The standard InChI is InChI=1S/C15H27N3O2S/c1-4-16-9-14-8-15(10-17-14)21(19,20)18-13-6-5-11(2)12(3)7-13/h8,10-13,16-18H,4-7,9H2,1-3H3. The van der Waals surface area contributed by atoms with Crippen molar-refractivity contribution in [3.63, 3.8) is 0 Å². The minimum Gasteiger partial charge on any atom is -0.363 e. The zero-order valence-electron chi connectivity index (χ0n) is 13.1. The molecule has 3 N–H and O–H groups in total. The summed E-state index contributed by atoms with van der Waals surface area (Å²) in [6.07, 6.45) is 4.52. The molecule has 1 aromatic rings. The topological polar surface area (TPSA) is 74.0 Å². The Labute approximate surface area is 128 Å². The molecular formula is C15H27N3O2S. The van der Waals surface area contributed by atoms with Gasteiger partial charge in [0.2, 0.25) is 10.0 Å². The first-order chi connectivity index (χ1) is 9.92. The third kappa shape index (κ3) is 4.31. The van der Waals surface area contributed by atoms with Crippen LogP contribution in [0.15, 0.2) is 17.2 Å². The number of H-pyrrole nitrogens is 1. The summed E-state index contributed by atoms with van der Waals surface area (Å²) in [6.45, 7) is 7.99. The Kier molecular flexibility index (Phi) is 5.46. The van der Waals surface area contributed by atoms with Gasteiger partial charge in [-0.3, -0.25) is 0 Å². The van der Waals surface area contributed by atoms with Crippen LogP contribution >= 0.6 is 0 Å². The molecule has 0 bridgehead atoms. The third-order valence-electron chi connectivity index (χ3n) is 4.51. The van der Waals surface area contributed by atoms with Crippen LogP contribution in [0.2, 0.25) is 0 Å². The quantitative estimate of drug-likeness (QED) is 0.754. The van der Waals surface area contributed by atoms with Gasteiger partial charge in [0.1, 0.15) is 0 Å². The van der Waals surface area contributed by atoms with Crippen LogP contribution in [0.25, 0.3) is 0 Å². The maximum absolute atomic E-state index is 12.4. The molecule has 21 heavy (non-hydrogen) atoms. The molecule has 1 aromatic heterocycles. The van der Waals surface area contributed by atoms with Gasteiger partial charge in [0, 0.05) is 24.5 Å². The first kappa shape index (κ1) is 16.5. The normalized spacial score (nSPS) is 26.9. The van der Waals surface area contributed by atoms with Gasteiger partial charge >= 0.3 is 0 Å². The van der Waals surface area contributed by atoms with E-state index < -0.39 is 10.0 Å². The number of hydrogen-bond acceptors (Lipinski definition) is 3. The molecule has 2 rings (SSSR count). The summed E-state index contributed by atoms with van der Waals surface area (Å²) in [6, 6.07) is 1.77. The second-order valence-electron chi connectivity index (χ2n) is 6.23. The van der Waals surface area contributed by atoms with E-state index in [0.29, 0.717) is 23.3 Å². The maximum Gasteiger partial charge on any atom is 0.242 e. The van der Waals surface area contributed by atoms with Crippen molar-refractivity contribution in [2.24, 2.45) is 11.8 Å². The molecule has 0 saturated heterocycles. The highest BCUT2D eigenvalue weighted by atomic mass is 32.2. The largest absolute Gasteiger partial charge is 0.363 e. The Morgan fingerprint density at radius 3 is 2.71 bits per heavy atom. The molecule has 0 radical (unpaired) electrons. The smallest absolute Gasteiger partial charge is 0.242 e. The number of nitrogens with one attached hydrogen (secondary N) is 3. The Morgan fingerprint density at radius 2 is 2.05 bits per heavy atom. The summed E-state index contributed by atoms with van der Waals surface area (Å²) >= 11 is 0. The van der Waals surface area contributed by atoms with Gasteiger partial charge in [-0.1, -0.05) is 20.8 Å². The fourth-order valence-electron chi connectivity index (χ4n) is 2.88. The minimum atomic E-state index is -3.41. The number of hydrogen-bond donors (Lipinski definition) is 3. The van der Waals surface area contributed by atoms with Gasteiger partial charge in [0.15, 0.2) is 0 Å². The molecule has 5 nitrogen and oxygen atoms in total. The van der Waals surface area contributed by atoms with Crippen molar-refractivity contribution < 1.29 is 8.42 Å².